The van der Waals surface area contributed by atoms with Crippen LogP contribution in [0.1, 0.15) is 59.3 Å². The number of alkyl halides is 1. The van der Waals surface area contributed by atoms with Crippen LogP contribution in [-0.2, 0) is 9.53 Å². The molecular formula is C13H25BrO2. The molecule has 0 rings (SSSR count). The van der Waals surface area contributed by atoms with Crippen LogP contribution in [0.15, 0.2) is 0 Å². The second-order valence-electron chi connectivity index (χ2n) is 4.73. The van der Waals surface area contributed by atoms with E-state index in [9.17, 15) is 4.79 Å². The van der Waals surface area contributed by atoms with Gasteiger partial charge in [-0.05, 0) is 19.3 Å². The number of carbonyl (C=O) groups excluding carboxylic acids is 1. The first-order valence-electron chi connectivity index (χ1n) is 6.34. The largest absolute Gasteiger partial charge is 0.465 e. The Morgan fingerprint density at radius 3 is 2.19 bits per heavy atom. The summed E-state index contributed by atoms with van der Waals surface area (Å²) in [7, 11) is 0. The molecule has 0 radical (unpaired) electrons. The number of hydrogen-bond donors (Lipinski definition) is 0. The Balaban J connectivity index is 3.13. The number of rotatable bonds is 9. The first kappa shape index (κ1) is 16.0. The van der Waals surface area contributed by atoms with Crippen molar-refractivity contribution in [1.29, 1.82) is 0 Å². The van der Waals surface area contributed by atoms with Crippen LogP contribution in [0.25, 0.3) is 0 Å². The van der Waals surface area contributed by atoms with E-state index < -0.39 is 0 Å². The lowest BCUT2D eigenvalue weighted by molar-refractivity contribution is -0.142. The highest BCUT2D eigenvalue weighted by molar-refractivity contribution is 9.10. The van der Waals surface area contributed by atoms with Crippen LogP contribution in [-0.4, -0.2) is 17.4 Å². The van der Waals surface area contributed by atoms with Gasteiger partial charge in [0.25, 0.3) is 0 Å². The standard InChI is InChI=1S/C13H25BrO2/c1-11(2)9-7-5-4-6-8-10-16-13(15)12(3)14/h11-12H,4-10H2,1-3H3. The molecule has 0 aromatic carbocycles. The van der Waals surface area contributed by atoms with Gasteiger partial charge in [-0.15, -0.1) is 0 Å². The fourth-order valence-electron chi connectivity index (χ4n) is 1.47. The van der Waals surface area contributed by atoms with Crippen molar-refractivity contribution in [3.63, 3.8) is 0 Å². The quantitative estimate of drug-likeness (QED) is 0.360. The molecule has 0 N–H and O–H groups in total. The third-order valence-electron chi connectivity index (χ3n) is 2.49. The molecule has 0 saturated carbocycles. The predicted octanol–water partition coefficient (Wildman–Crippen LogP) is 4.31. The van der Waals surface area contributed by atoms with E-state index in [4.69, 9.17) is 4.74 Å². The van der Waals surface area contributed by atoms with E-state index >= 15 is 0 Å². The maximum atomic E-state index is 11.1. The molecule has 0 amide bonds. The third kappa shape index (κ3) is 10.5. The van der Waals surface area contributed by atoms with Crippen molar-refractivity contribution in [2.45, 2.75) is 64.1 Å². The Kier molecular flexibility index (Phi) is 10.1. The molecule has 0 saturated heterocycles. The van der Waals surface area contributed by atoms with Gasteiger partial charge < -0.3 is 4.74 Å². The molecule has 0 aromatic rings. The van der Waals surface area contributed by atoms with Gasteiger partial charge in [0.05, 0.1) is 6.61 Å². The minimum atomic E-state index is -0.182. The summed E-state index contributed by atoms with van der Waals surface area (Å²) in [5, 5.41) is 0. The smallest absolute Gasteiger partial charge is 0.319 e. The van der Waals surface area contributed by atoms with Crippen molar-refractivity contribution in [3.05, 3.63) is 0 Å². The Bertz CT molecular complexity index is 179. The van der Waals surface area contributed by atoms with Gasteiger partial charge in [-0.1, -0.05) is 61.9 Å². The first-order valence-corrected chi connectivity index (χ1v) is 7.26. The molecule has 0 aliphatic rings. The van der Waals surface area contributed by atoms with Crippen LogP contribution in [0.3, 0.4) is 0 Å². The molecule has 96 valence electrons. The SMILES string of the molecule is CC(C)CCCCCCCOC(=O)C(C)Br. The summed E-state index contributed by atoms with van der Waals surface area (Å²) in [5.74, 6) is 0.668. The molecule has 0 aliphatic heterocycles. The summed E-state index contributed by atoms with van der Waals surface area (Å²) in [4.78, 5) is 10.9. The van der Waals surface area contributed by atoms with E-state index in [1.165, 1.54) is 32.1 Å². The molecule has 1 unspecified atom stereocenters. The minimum absolute atomic E-state index is 0.153. The lowest BCUT2D eigenvalue weighted by atomic mass is 10.0. The monoisotopic (exact) mass is 292 g/mol. The van der Waals surface area contributed by atoms with Gasteiger partial charge in [0.15, 0.2) is 0 Å². The van der Waals surface area contributed by atoms with E-state index in [0.717, 1.165) is 12.3 Å². The maximum Gasteiger partial charge on any atom is 0.319 e. The third-order valence-corrected chi connectivity index (χ3v) is 2.87. The van der Waals surface area contributed by atoms with Crippen molar-refractivity contribution in [2.24, 2.45) is 5.92 Å². The van der Waals surface area contributed by atoms with Gasteiger partial charge >= 0.3 is 5.97 Å². The van der Waals surface area contributed by atoms with E-state index in [2.05, 4.69) is 29.8 Å². The van der Waals surface area contributed by atoms with Gasteiger partial charge in [0.2, 0.25) is 0 Å². The van der Waals surface area contributed by atoms with Crippen molar-refractivity contribution < 1.29 is 9.53 Å². The van der Waals surface area contributed by atoms with Crippen LogP contribution >= 0.6 is 15.9 Å². The number of unbranched alkanes of at least 4 members (excludes halogenated alkanes) is 4. The number of halogens is 1. The number of hydrogen-bond acceptors (Lipinski definition) is 2. The lowest BCUT2D eigenvalue weighted by Crippen LogP contribution is -2.14. The van der Waals surface area contributed by atoms with E-state index in [1.54, 1.807) is 6.92 Å². The number of esters is 1. The lowest BCUT2D eigenvalue weighted by Gasteiger charge is -2.06. The highest BCUT2D eigenvalue weighted by atomic mass is 79.9. The van der Waals surface area contributed by atoms with Crippen molar-refractivity contribution >= 4 is 21.9 Å². The number of ether oxygens (including phenoxy) is 1. The molecular weight excluding hydrogens is 268 g/mol. The normalized spacial score (nSPS) is 12.8. The molecule has 1 atom stereocenters. The summed E-state index contributed by atoms with van der Waals surface area (Å²) in [5.41, 5.74) is 0. The molecule has 0 bridgehead atoms. The highest BCUT2D eigenvalue weighted by Gasteiger charge is 2.08. The average molecular weight is 293 g/mol. The summed E-state index contributed by atoms with van der Waals surface area (Å²) >= 11 is 3.18. The molecule has 16 heavy (non-hydrogen) atoms. The maximum absolute atomic E-state index is 11.1. The second kappa shape index (κ2) is 10.1. The molecule has 0 aliphatic carbocycles. The molecule has 0 aromatic heterocycles. The first-order chi connectivity index (χ1) is 7.54. The average Bonchev–Trinajstić information content (AvgIpc) is 2.21. The van der Waals surface area contributed by atoms with Crippen molar-refractivity contribution in [1.82, 2.24) is 0 Å². The summed E-state index contributed by atoms with van der Waals surface area (Å²) in [6.45, 7) is 6.88. The van der Waals surface area contributed by atoms with Gasteiger partial charge in [0, 0.05) is 0 Å². The second-order valence-corrected chi connectivity index (χ2v) is 6.11. The van der Waals surface area contributed by atoms with Crippen LogP contribution in [0.2, 0.25) is 0 Å². The highest BCUT2D eigenvalue weighted by Crippen LogP contribution is 2.10. The topological polar surface area (TPSA) is 26.3 Å². The summed E-state index contributed by atoms with van der Waals surface area (Å²) in [6.07, 6.45) is 7.39. The van der Waals surface area contributed by atoms with Crippen LogP contribution in [0, 0.1) is 5.92 Å². The Morgan fingerprint density at radius 1 is 1.06 bits per heavy atom. The zero-order valence-corrected chi connectivity index (χ0v) is 12.4. The van der Waals surface area contributed by atoms with E-state index in [0.29, 0.717) is 6.61 Å². The van der Waals surface area contributed by atoms with Gasteiger partial charge in [-0.2, -0.15) is 0 Å². The Morgan fingerprint density at radius 2 is 1.62 bits per heavy atom. The number of carbonyl (C=O) groups is 1. The summed E-state index contributed by atoms with van der Waals surface area (Å²) < 4.78 is 5.06. The minimum Gasteiger partial charge on any atom is -0.465 e. The molecule has 0 fully saturated rings. The zero-order valence-electron chi connectivity index (χ0n) is 10.8. The molecule has 2 nitrogen and oxygen atoms in total. The predicted molar refractivity (Wildman–Crippen MR) is 71.9 cm³/mol. The summed E-state index contributed by atoms with van der Waals surface area (Å²) in [6, 6.07) is 0. The molecule has 3 heteroatoms. The molecule has 0 heterocycles. The van der Waals surface area contributed by atoms with Crippen LogP contribution < -0.4 is 0 Å². The van der Waals surface area contributed by atoms with Gasteiger partial charge in [-0.25, -0.2) is 0 Å². The van der Waals surface area contributed by atoms with Crippen molar-refractivity contribution in [2.75, 3.05) is 6.61 Å². The van der Waals surface area contributed by atoms with Crippen molar-refractivity contribution in [3.8, 4) is 0 Å². The van der Waals surface area contributed by atoms with Crippen LogP contribution in [0.5, 0.6) is 0 Å². The van der Waals surface area contributed by atoms with E-state index in [-0.39, 0.29) is 10.8 Å². The molecule has 0 spiro atoms. The Hall–Kier alpha value is -0.0500. The fraction of sp³-hybridized carbons (Fsp3) is 0.923. The van der Waals surface area contributed by atoms with Gasteiger partial charge in [-0.3, -0.25) is 4.79 Å². The van der Waals surface area contributed by atoms with Crippen LogP contribution in [0.4, 0.5) is 0 Å². The van der Waals surface area contributed by atoms with Gasteiger partial charge in [0.1, 0.15) is 4.83 Å². The van der Waals surface area contributed by atoms with E-state index in [1.807, 2.05) is 0 Å². The fourth-order valence-corrected chi connectivity index (χ4v) is 1.60. The zero-order chi connectivity index (χ0) is 12.4. The Labute approximate surface area is 108 Å².